The summed E-state index contributed by atoms with van der Waals surface area (Å²) >= 11 is 0. The van der Waals surface area contributed by atoms with Gasteiger partial charge in [-0.15, -0.1) is 0 Å². The summed E-state index contributed by atoms with van der Waals surface area (Å²) < 4.78 is 33.5. The third-order valence-corrected chi connectivity index (χ3v) is 7.27. The van der Waals surface area contributed by atoms with E-state index in [1.807, 2.05) is 36.4 Å². The molecule has 0 unspecified atom stereocenters. The molecule has 0 spiro atoms. The van der Waals surface area contributed by atoms with Gasteiger partial charge in [-0.2, -0.15) is 4.31 Å². The van der Waals surface area contributed by atoms with E-state index in [4.69, 9.17) is 4.74 Å². The Balaban J connectivity index is 1.40. The highest BCUT2D eigenvalue weighted by molar-refractivity contribution is 7.89. The zero-order valence-electron chi connectivity index (χ0n) is 16.4. The van der Waals surface area contributed by atoms with Gasteiger partial charge in [-0.1, -0.05) is 42.5 Å². The molecule has 5 rings (SSSR count). The van der Waals surface area contributed by atoms with E-state index < -0.39 is 10.0 Å². The van der Waals surface area contributed by atoms with Gasteiger partial charge in [0.25, 0.3) is 0 Å². The molecule has 0 saturated carbocycles. The van der Waals surface area contributed by atoms with Crippen molar-refractivity contribution in [3.63, 3.8) is 0 Å². The average molecular weight is 423 g/mol. The minimum Gasteiger partial charge on any atom is -0.378 e. The van der Waals surface area contributed by atoms with Crippen LogP contribution < -0.4 is 4.90 Å². The number of benzene rings is 2. The van der Waals surface area contributed by atoms with Gasteiger partial charge in [0.05, 0.1) is 30.3 Å². The molecular formula is C22H22N4O3S. The van der Waals surface area contributed by atoms with Crippen molar-refractivity contribution in [2.75, 3.05) is 31.2 Å². The number of nitrogens with zero attached hydrogens (tertiary/aromatic N) is 4. The molecule has 154 valence electrons. The fraction of sp³-hybridized carbons (Fsp3) is 0.273. The van der Waals surface area contributed by atoms with Crippen LogP contribution in [0.4, 0.5) is 5.95 Å². The van der Waals surface area contributed by atoms with Crippen molar-refractivity contribution in [1.82, 2.24) is 14.3 Å². The molecule has 0 aliphatic carbocycles. The van der Waals surface area contributed by atoms with Gasteiger partial charge in [0.2, 0.25) is 16.0 Å². The monoisotopic (exact) mass is 422 g/mol. The van der Waals surface area contributed by atoms with Crippen LogP contribution in [0.3, 0.4) is 0 Å². The van der Waals surface area contributed by atoms with E-state index in [0.717, 1.165) is 35.5 Å². The van der Waals surface area contributed by atoms with Gasteiger partial charge in [0.15, 0.2) is 0 Å². The average Bonchev–Trinajstić information content (AvgIpc) is 3.25. The summed E-state index contributed by atoms with van der Waals surface area (Å²) in [4.78, 5) is 11.5. The van der Waals surface area contributed by atoms with Crippen LogP contribution in [-0.2, 0) is 27.8 Å². The third kappa shape index (κ3) is 3.58. The summed E-state index contributed by atoms with van der Waals surface area (Å²) in [5, 5.41) is 0. The van der Waals surface area contributed by atoms with Crippen LogP contribution in [0.2, 0.25) is 0 Å². The normalized spacial score (nSPS) is 17.1. The van der Waals surface area contributed by atoms with E-state index >= 15 is 0 Å². The first-order chi connectivity index (χ1) is 14.6. The van der Waals surface area contributed by atoms with E-state index in [0.29, 0.717) is 19.2 Å². The molecule has 8 heteroatoms. The maximum absolute atomic E-state index is 13.3. The molecule has 0 amide bonds. The molecule has 7 nitrogen and oxygen atoms in total. The third-order valence-electron chi connectivity index (χ3n) is 5.49. The van der Waals surface area contributed by atoms with E-state index in [9.17, 15) is 8.42 Å². The Morgan fingerprint density at radius 3 is 2.47 bits per heavy atom. The lowest BCUT2D eigenvalue weighted by molar-refractivity contribution is 0.122. The molecule has 0 N–H and O–H groups in total. The second-order valence-corrected chi connectivity index (χ2v) is 9.35. The lowest BCUT2D eigenvalue weighted by Crippen LogP contribution is -2.37. The van der Waals surface area contributed by atoms with Crippen LogP contribution in [0.5, 0.6) is 0 Å². The Labute approximate surface area is 176 Å². The molecule has 2 aliphatic heterocycles. The van der Waals surface area contributed by atoms with Crippen molar-refractivity contribution >= 4 is 16.0 Å². The summed E-state index contributed by atoms with van der Waals surface area (Å²) in [6, 6.07) is 16.9. The van der Waals surface area contributed by atoms with Gasteiger partial charge < -0.3 is 9.64 Å². The molecule has 0 radical (unpaired) electrons. The summed E-state index contributed by atoms with van der Waals surface area (Å²) in [5.41, 5.74) is 3.49. The Bertz CT molecular complexity index is 1160. The Morgan fingerprint density at radius 2 is 1.67 bits per heavy atom. The number of sulfonamides is 1. The quantitative estimate of drug-likeness (QED) is 0.644. The maximum atomic E-state index is 13.3. The first kappa shape index (κ1) is 19.2. The summed E-state index contributed by atoms with van der Waals surface area (Å²) in [5.74, 6) is 0.641. The van der Waals surface area contributed by atoms with E-state index in [1.54, 1.807) is 24.4 Å². The second-order valence-electron chi connectivity index (χ2n) is 7.41. The first-order valence-electron chi connectivity index (χ1n) is 9.94. The van der Waals surface area contributed by atoms with E-state index in [-0.39, 0.29) is 18.0 Å². The van der Waals surface area contributed by atoms with Gasteiger partial charge in [0, 0.05) is 31.4 Å². The SMILES string of the molecule is O=S(=O)(c1cccc(-c2ccccc2)c1)N1Cc2cnc(N3CCOCC3)nc2C1. The highest BCUT2D eigenvalue weighted by Gasteiger charge is 2.32. The van der Waals surface area contributed by atoms with Gasteiger partial charge in [-0.05, 0) is 23.3 Å². The molecule has 30 heavy (non-hydrogen) atoms. The molecule has 3 heterocycles. The molecule has 1 fully saturated rings. The highest BCUT2D eigenvalue weighted by Crippen LogP contribution is 2.30. The first-order valence-corrected chi connectivity index (χ1v) is 11.4. The number of fused-ring (bicyclic) bond motifs is 1. The van der Waals surface area contributed by atoms with E-state index in [2.05, 4.69) is 14.9 Å². The standard InChI is InChI=1S/C22H22N4O3S/c27-30(28,20-8-4-7-18(13-20)17-5-2-1-3-6-17)26-15-19-14-23-22(24-21(19)16-26)25-9-11-29-12-10-25/h1-8,13-14H,9-12,15-16H2. The topological polar surface area (TPSA) is 75.6 Å². The number of hydrogen-bond acceptors (Lipinski definition) is 6. The molecule has 1 saturated heterocycles. The minimum absolute atomic E-state index is 0.257. The summed E-state index contributed by atoms with van der Waals surface area (Å²) in [7, 11) is -3.64. The van der Waals surface area contributed by atoms with Crippen molar-refractivity contribution < 1.29 is 13.2 Å². The van der Waals surface area contributed by atoms with Gasteiger partial charge in [-0.3, -0.25) is 0 Å². The molecular weight excluding hydrogens is 400 g/mol. The Morgan fingerprint density at radius 1 is 0.900 bits per heavy atom. The fourth-order valence-corrected chi connectivity index (χ4v) is 5.24. The molecule has 2 aromatic carbocycles. The van der Waals surface area contributed by atoms with Crippen LogP contribution in [0.25, 0.3) is 11.1 Å². The van der Waals surface area contributed by atoms with Crippen LogP contribution in [0.15, 0.2) is 65.7 Å². The lowest BCUT2D eigenvalue weighted by atomic mass is 10.1. The number of rotatable bonds is 4. The zero-order chi connectivity index (χ0) is 20.6. The smallest absolute Gasteiger partial charge is 0.243 e. The predicted octanol–water partition coefficient (Wildman–Crippen LogP) is 2.68. The van der Waals surface area contributed by atoms with Crippen LogP contribution >= 0.6 is 0 Å². The fourth-order valence-electron chi connectivity index (χ4n) is 3.81. The minimum atomic E-state index is -3.64. The Hall–Kier alpha value is -2.81. The van der Waals surface area contributed by atoms with E-state index in [1.165, 1.54) is 4.31 Å². The van der Waals surface area contributed by atoms with Gasteiger partial charge >= 0.3 is 0 Å². The molecule has 2 aliphatic rings. The highest BCUT2D eigenvalue weighted by atomic mass is 32.2. The molecule has 3 aromatic rings. The van der Waals surface area contributed by atoms with Crippen molar-refractivity contribution in [3.8, 4) is 11.1 Å². The number of morpholine rings is 1. The van der Waals surface area contributed by atoms with Gasteiger partial charge in [0.1, 0.15) is 0 Å². The number of hydrogen-bond donors (Lipinski definition) is 0. The number of aromatic nitrogens is 2. The van der Waals surface area contributed by atoms with Crippen LogP contribution in [0, 0.1) is 0 Å². The van der Waals surface area contributed by atoms with Crippen molar-refractivity contribution in [3.05, 3.63) is 72.1 Å². The Kier molecular flexibility index (Phi) is 4.98. The largest absolute Gasteiger partial charge is 0.378 e. The second kappa shape index (κ2) is 7.79. The van der Waals surface area contributed by atoms with Crippen LogP contribution in [-0.4, -0.2) is 49.0 Å². The van der Waals surface area contributed by atoms with Gasteiger partial charge in [-0.25, -0.2) is 18.4 Å². The number of ether oxygens (including phenoxy) is 1. The molecule has 0 bridgehead atoms. The van der Waals surface area contributed by atoms with Crippen molar-refractivity contribution in [2.45, 2.75) is 18.0 Å². The maximum Gasteiger partial charge on any atom is 0.243 e. The van der Waals surface area contributed by atoms with Crippen molar-refractivity contribution in [1.29, 1.82) is 0 Å². The zero-order valence-corrected chi connectivity index (χ0v) is 17.3. The number of anilines is 1. The summed E-state index contributed by atoms with van der Waals surface area (Å²) in [6.07, 6.45) is 1.75. The predicted molar refractivity (Wildman–Crippen MR) is 113 cm³/mol. The molecule has 0 atom stereocenters. The van der Waals surface area contributed by atoms with Crippen molar-refractivity contribution in [2.24, 2.45) is 0 Å². The van der Waals surface area contributed by atoms with Crippen LogP contribution in [0.1, 0.15) is 11.3 Å². The molecule has 1 aromatic heterocycles. The summed E-state index contributed by atoms with van der Waals surface area (Å²) in [6.45, 7) is 3.33. The lowest BCUT2D eigenvalue weighted by Gasteiger charge is -2.26.